The summed E-state index contributed by atoms with van der Waals surface area (Å²) in [6, 6.07) is 10.8. The van der Waals surface area contributed by atoms with Crippen LogP contribution in [-0.4, -0.2) is 29.0 Å². The third kappa shape index (κ3) is 3.17. The van der Waals surface area contributed by atoms with E-state index in [0.717, 1.165) is 17.5 Å². The van der Waals surface area contributed by atoms with Crippen LogP contribution in [0.25, 0.3) is 22.1 Å². The zero-order valence-corrected chi connectivity index (χ0v) is 14.0. The van der Waals surface area contributed by atoms with E-state index in [4.69, 9.17) is 4.42 Å². The monoisotopic (exact) mass is 368 g/mol. The van der Waals surface area contributed by atoms with Crippen LogP contribution in [0.5, 0.6) is 0 Å². The van der Waals surface area contributed by atoms with Crippen molar-refractivity contribution < 1.29 is 18.0 Å². The Bertz CT molecular complexity index is 1120. The van der Waals surface area contributed by atoms with Crippen molar-refractivity contribution in [2.75, 3.05) is 18.4 Å². The van der Waals surface area contributed by atoms with Gasteiger partial charge in [0.05, 0.1) is 0 Å². The highest BCUT2D eigenvalue weighted by Gasteiger charge is 2.16. The van der Waals surface area contributed by atoms with E-state index in [2.05, 4.69) is 20.6 Å². The van der Waals surface area contributed by atoms with E-state index in [1.807, 2.05) is 24.3 Å². The van der Waals surface area contributed by atoms with Crippen LogP contribution < -0.4 is 10.6 Å². The molecule has 27 heavy (non-hydrogen) atoms. The molecule has 6 nitrogen and oxygen atoms in total. The predicted octanol–water partition coefficient (Wildman–Crippen LogP) is 3.50. The molecule has 0 saturated heterocycles. The van der Waals surface area contributed by atoms with Gasteiger partial charge in [0.1, 0.15) is 34.6 Å². The highest BCUT2D eigenvalue weighted by Crippen LogP contribution is 2.30. The number of furan rings is 1. The Kier molecular flexibility index (Phi) is 4.37. The molecule has 2 aromatic carbocycles. The summed E-state index contributed by atoms with van der Waals surface area (Å²) in [6.07, 6.45) is 1.42. The SMILES string of the molecule is O=C(NCCNc1ncnc2c1oc1ccccc12)c1c(F)cccc1F. The molecule has 2 N–H and O–H groups in total. The van der Waals surface area contributed by atoms with Crippen molar-refractivity contribution in [3.05, 3.63) is 66.0 Å². The Morgan fingerprint density at radius 3 is 2.59 bits per heavy atom. The fourth-order valence-electron chi connectivity index (χ4n) is 2.81. The van der Waals surface area contributed by atoms with E-state index in [1.165, 1.54) is 12.4 Å². The van der Waals surface area contributed by atoms with Gasteiger partial charge >= 0.3 is 0 Å². The second-order valence-electron chi connectivity index (χ2n) is 5.78. The summed E-state index contributed by atoms with van der Waals surface area (Å²) in [4.78, 5) is 20.4. The molecule has 136 valence electrons. The molecule has 2 heterocycles. The number of carbonyl (C=O) groups excluding carboxylic acids is 1. The number of rotatable bonds is 5. The van der Waals surface area contributed by atoms with E-state index < -0.39 is 23.1 Å². The topological polar surface area (TPSA) is 80.0 Å². The fourth-order valence-corrected chi connectivity index (χ4v) is 2.81. The molecule has 0 radical (unpaired) electrons. The lowest BCUT2D eigenvalue weighted by Crippen LogP contribution is -2.30. The molecule has 2 aromatic heterocycles. The predicted molar refractivity (Wildman–Crippen MR) is 96.5 cm³/mol. The van der Waals surface area contributed by atoms with Crippen LogP contribution in [-0.2, 0) is 0 Å². The third-order valence-electron chi connectivity index (χ3n) is 4.05. The summed E-state index contributed by atoms with van der Waals surface area (Å²) in [5.74, 6) is -2.15. The molecule has 4 rings (SSSR count). The number of aromatic nitrogens is 2. The molecule has 8 heteroatoms. The van der Waals surface area contributed by atoms with Crippen molar-refractivity contribution in [3.8, 4) is 0 Å². The van der Waals surface area contributed by atoms with Gasteiger partial charge in [-0.05, 0) is 24.3 Å². The molecule has 0 bridgehead atoms. The quantitative estimate of drug-likeness (QED) is 0.527. The normalized spacial score (nSPS) is 11.0. The van der Waals surface area contributed by atoms with E-state index in [9.17, 15) is 13.6 Å². The number of nitrogens with zero attached hydrogens (tertiary/aromatic N) is 2. The van der Waals surface area contributed by atoms with Crippen molar-refractivity contribution >= 4 is 33.8 Å². The zero-order chi connectivity index (χ0) is 18.8. The van der Waals surface area contributed by atoms with Crippen molar-refractivity contribution in [1.29, 1.82) is 0 Å². The van der Waals surface area contributed by atoms with Gasteiger partial charge in [-0.1, -0.05) is 18.2 Å². The lowest BCUT2D eigenvalue weighted by Gasteiger charge is -2.08. The fraction of sp³-hybridized carbons (Fsp3) is 0.105. The molecule has 0 unspecified atom stereocenters. The minimum Gasteiger partial charge on any atom is -0.450 e. The first kappa shape index (κ1) is 16.9. The molecule has 0 aliphatic rings. The average Bonchev–Trinajstić information content (AvgIpc) is 3.04. The summed E-state index contributed by atoms with van der Waals surface area (Å²) < 4.78 is 33.0. The Balaban J connectivity index is 1.44. The van der Waals surface area contributed by atoms with Crippen LogP contribution in [0.4, 0.5) is 14.6 Å². The maximum absolute atomic E-state index is 13.6. The van der Waals surface area contributed by atoms with Gasteiger partial charge in [-0.2, -0.15) is 0 Å². The number of hydrogen-bond donors (Lipinski definition) is 2. The first-order valence-electron chi connectivity index (χ1n) is 8.23. The van der Waals surface area contributed by atoms with E-state index in [-0.39, 0.29) is 13.1 Å². The molecular weight excluding hydrogens is 354 g/mol. The van der Waals surface area contributed by atoms with Gasteiger partial charge in [0, 0.05) is 18.5 Å². The summed E-state index contributed by atoms with van der Waals surface area (Å²) in [5.41, 5.74) is 1.28. The van der Waals surface area contributed by atoms with Gasteiger partial charge in [0.2, 0.25) is 0 Å². The van der Waals surface area contributed by atoms with Crippen molar-refractivity contribution in [1.82, 2.24) is 15.3 Å². The molecular formula is C19H14F2N4O2. The maximum atomic E-state index is 13.6. The summed E-state index contributed by atoms with van der Waals surface area (Å²) in [6.45, 7) is 0.420. The number of benzene rings is 2. The molecule has 1 amide bonds. The van der Waals surface area contributed by atoms with Crippen LogP contribution in [0.3, 0.4) is 0 Å². The highest BCUT2D eigenvalue weighted by atomic mass is 19.1. The molecule has 0 saturated carbocycles. The Hall–Kier alpha value is -3.55. The first-order valence-corrected chi connectivity index (χ1v) is 8.23. The number of amides is 1. The smallest absolute Gasteiger partial charge is 0.257 e. The summed E-state index contributed by atoms with van der Waals surface area (Å²) in [5, 5.41) is 6.38. The maximum Gasteiger partial charge on any atom is 0.257 e. The van der Waals surface area contributed by atoms with Crippen molar-refractivity contribution in [2.24, 2.45) is 0 Å². The van der Waals surface area contributed by atoms with Gasteiger partial charge in [-0.25, -0.2) is 18.7 Å². The molecule has 0 aliphatic heterocycles. The van der Waals surface area contributed by atoms with Crippen LogP contribution in [0.15, 0.2) is 53.2 Å². The third-order valence-corrected chi connectivity index (χ3v) is 4.05. The Morgan fingerprint density at radius 2 is 1.78 bits per heavy atom. The zero-order valence-electron chi connectivity index (χ0n) is 14.0. The number of para-hydroxylation sites is 1. The van der Waals surface area contributed by atoms with Gasteiger partial charge in [0.15, 0.2) is 11.4 Å². The molecule has 0 atom stereocenters. The Labute approximate surface area is 152 Å². The number of halogens is 2. The molecule has 0 spiro atoms. The first-order chi connectivity index (χ1) is 13.1. The summed E-state index contributed by atoms with van der Waals surface area (Å²) in [7, 11) is 0. The van der Waals surface area contributed by atoms with Gasteiger partial charge < -0.3 is 15.1 Å². The number of hydrogen-bond acceptors (Lipinski definition) is 5. The highest BCUT2D eigenvalue weighted by molar-refractivity contribution is 6.05. The summed E-state index contributed by atoms with van der Waals surface area (Å²) >= 11 is 0. The Morgan fingerprint density at radius 1 is 1.00 bits per heavy atom. The number of carbonyl (C=O) groups is 1. The van der Waals surface area contributed by atoms with Gasteiger partial charge in [-0.3, -0.25) is 4.79 Å². The van der Waals surface area contributed by atoms with Crippen LogP contribution >= 0.6 is 0 Å². The number of nitrogens with one attached hydrogen (secondary N) is 2. The second-order valence-corrected chi connectivity index (χ2v) is 5.78. The van der Waals surface area contributed by atoms with Crippen LogP contribution in [0, 0.1) is 11.6 Å². The van der Waals surface area contributed by atoms with Crippen LogP contribution in [0.2, 0.25) is 0 Å². The van der Waals surface area contributed by atoms with Crippen molar-refractivity contribution in [3.63, 3.8) is 0 Å². The van der Waals surface area contributed by atoms with Gasteiger partial charge in [-0.15, -0.1) is 0 Å². The lowest BCUT2D eigenvalue weighted by atomic mass is 10.2. The van der Waals surface area contributed by atoms with Gasteiger partial charge in [0.25, 0.3) is 5.91 Å². The molecule has 0 fully saturated rings. The lowest BCUT2D eigenvalue weighted by molar-refractivity contribution is 0.0946. The van der Waals surface area contributed by atoms with E-state index >= 15 is 0 Å². The van der Waals surface area contributed by atoms with Crippen LogP contribution in [0.1, 0.15) is 10.4 Å². The van der Waals surface area contributed by atoms with Crippen molar-refractivity contribution in [2.45, 2.75) is 0 Å². The van der Waals surface area contributed by atoms with E-state index in [0.29, 0.717) is 22.5 Å². The minimum absolute atomic E-state index is 0.137. The standard InChI is InChI=1S/C19H14F2N4O2/c20-12-5-3-6-13(21)15(12)19(26)23-9-8-22-18-17-16(24-10-25-18)11-4-1-2-7-14(11)27-17/h1-7,10H,8-9H2,(H,23,26)(H,22,24,25). The molecule has 0 aliphatic carbocycles. The molecule has 4 aromatic rings. The second kappa shape index (κ2) is 6.99. The average molecular weight is 368 g/mol. The largest absolute Gasteiger partial charge is 0.450 e. The van der Waals surface area contributed by atoms with E-state index in [1.54, 1.807) is 0 Å². The minimum atomic E-state index is -0.903. The number of anilines is 1. The number of fused-ring (bicyclic) bond motifs is 3.